The first-order chi connectivity index (χ1) is 8.61. The highest BCUT2D eigenvalue weighted by atomic mass is 16.3. The lowest BCUT2D eigenvalue weighted by atomic mass is 10.0. The van der Waals surface area contributed by atoms with Crippen LogP contribution < -0.4 is 5.32 Å². The highest BCUT2D eigenvalue weighted by Crippen LogP contribution is 2.26. The summed E-state index contributed by atoms with van der Waals surface area (Å²) in [5.41, 5.74) is 0. The van der Waals surface area contributed by atoms with Crippen LogP contribution in [0.1, 0.15) is 13.8 Å². The maximum atomic E-state index is 9.55. The van der Waals surface area contributed by atoms with Crippen LogP contribution in [0, 0.1) is 5.92 Å². The van der Waals surface area contributed by atoms with Crippen LogP contribution in [-0.2, 0) is 0 Å². The van der Waals surface area contributed by atoms with Crippen molar-refractivity contribution in [2.24, 2.45) is 5.92 Å². The largest absolute Gasteiger partial charge is 0.508 e. The number of nitrogens with zero attached hydrogens (tertiary/aromatic N) is 1. The van der Waals surface area contributed by atoms with Crippen molar-refractivity contribution in [1.82, 2.24) is 4.98 Å². The van der Waals surface area contributed by atoms with Gasteiger partial charge >= 0.3 is 0 Å². The highest BCUT2D eigenvalue weighted by Gasteiger charge is 2.13. The van der Waals surface area contributed by atoms with Crippen LogP contribution in [0.5, 0.6) is 5.75 Å². The molecule has 1 aromatic heterocycles. The zero-order valence-electron chi connectivity index (χ0n) is 10.6. The Bertz CT molecular complexity index is 540. The second-order valence-electron chi connectivity index (χ2n) is 4.74. The molecule has 0 aliphatic heterocycles. The van der Waals surface area contributed by atoms with E-state index in [0.717, 1.165) is 10.8 Å². The number of pyridine rings is 1. The number of aromatic hydroxyl groups is 1. The molecular weight excluding hydrogens is 228 g/mol. The molecule has 2 aromatic rings. The number of rotatable bonds is 4. The van der Waals surface area contributed by atoms with Crippen LogP contribution in [0.4, 0.5) is 5.82 Å². The Labute approximate surface area is 106 Å². The summed E-state index contributed by atoms with van der Waals surface area (Å²) in [7, 11) is 0. The lowest BCUT2D eigenvalue weighted by Gasteiger charge is -2.21. The Hall–Kier alpha value is -1.81. The summed E-state index contributed by atoms with van der Waals surface area (Å²) in [5.74, 6) is 1.20. The normalized spacial score (nSPS) is 12.9. The van der Waals surface area contributed by atoms with E-state index in [4.69, 9.17) is 0 Å². The fourth-order valence-electron chi connectivity index (χ4n) is 1.87. The molecule has 0 radical (unpaired) electrons. The minimum absolute atomic E-state index is 0.0501. The van der Waals surface area contributed by atoms with Crippen molar-refractivity contribution in [3.05, 3.63) is 30.5 Å². The van der Waals surface area contributed by atoms with E-state index in [9.17, 15) is 10.2 Å². The first-order valence-corrected chi connectivity index (χ1v) is 6.07. The van der Waals surface area contributed by atoms with E-state index in [1.165, 1.54) is 0 Å². The van der Waals surface area contributed by atoms with Crippen LogP contribution in [0.3, 0.4) is 0 Å². The predicted octanol–water partition coefficient (Wildman–Crippen LogP) is 2.37. The predicted molar refractivity (Wildman–Crippen MR) is 72.7 cm³/mol. The second kappa shape index (κ2) is 5.23. The maximum Gasteiger partial charge on any atom is 0.134 e. The molecule has 0 bridgehead atoms. The molecule has 0 saturated carbocycles. The molecule has 0 aliphatic carbocycles. The minimum Gasteiger partial charge on any atom is -0.508 e. The molecule has 0 fully saturated rings. The summed E-state index contributed by atoms with van der Waals surface area (Å²) in [6.07, 6.45) is 1.72. The molecule has 0 spiro atoms. The molecule has 0 amide bonds. The molecule has 0 saturated heterocycles. The third-order valence-corrected chi connectivity index (χ3v) is 3.07. The molecule has 96 valence electrons. The number of benzene rings is 1. The average molecular weight is 246 g/mol. The van der Waals surface area contributed by atoms with E-state index < -0.39 is 0 Å². The molecule has 1 unspecified atom stereocenters. The third-order valence-electron chi connectivity index (χ3n) is 3.07. The number of phenols is 1. The average Bonchev–Trinajstić information content (AvgIpc) is 2.35. The smallest absolute Gasteiger partial charge is 0.134 e. The molecule has 3 N–H and O–H groups in total. The van der Waals surface area contributed by atoms with E-state index in [1.807, 2.05) is 26.0 Å². The van der Waals surface area contributed by atoms with Gasteiger partial charge in [-0.05, 0) is 29.5 Å². The molecule has 2 rings (SSSR count). The molecule has 0 aliphatic rings. The SMILES string of the molecule is CC(C)C(CO)Nc1nccc2ccc(O)cc12. The second-order valence-corrected chi connectivity index (χ2v) is 4.74. The van der Waals surface area contributed by atoms with E-state index in [2.05, 4.69) is 10.3 Å². The van der Waals surface area contributed by atoms with Gasteiger partial charge in [0.15, 0.2) is 0 Å². The molecular formula is C14H18N2O2. The summed E-state index contributed by atoms with van der Waals surface area (Å²) in [6, 6.07) is 7.02. The number of nitrogens with one attached hydrogen (secondary N) is 1. The molecule has 1 heterocycles. The third kappa shape index (κ3) is 2.54. The summed E-state index contributed by atoms with van der Waals surface area (Å²) in [4.78, 5) is 4.28. The Morgan fingerprint density at radius 1 is 1.28 bits per heavy atom. The quantitative estimate of drug-likeness (QED) is 0.775. The van der Waals surface area contributed by atoms with Crippen molar-refractivity contribution < 1.29 is 10.2 Å². The van der Waals surface area contributed by atoms with Gasteiger partial charge in [-0.2, -0.15) is 0 Å². The van der Waals surface area contributed by atoms with Crippen molar-refractivity contribution in [3.8, 4) is 5.75 Å². The molecule has 1 aromatic carbocycles. The number of fused-ring (bicyclic) bond motifs is 1. The van der Waals surface area contributed by atoms with Gasteiger partial charge in [0, 0.05) is 11.6 Å². The fraction of sp³-hybridized carbons (Fsp3) is 0.357. The first kappa shape index (κ1) is 12.6. The van der Waals surface area contributed by atoms with Gasteiger partial charge in [-0.3, -0.25) is 0 Å². The molecule has 4 heteroatoms. The Kier molecular flexibility index (Phi) is 3.67. The summed E-state index contributed by atoms with van der Waals surface area (Å²) in [5, 5.41) is 24.0. The maximum absolute atomic E-state index is 9.55. The van der Waals surface area contributed by atoms with Crippen molar-refractivity contribution >= 4 is 16.6 Å². The van der Waals surface area contributed by atoms with Crippen LogP contribution in [-0.4, -0.2) is 27.8 Å². The van der Waals surface area contributed by atoms with Crippen molar-refractivity contribution in [2.45, 2.75) is 19.9 Å². The fourth-order valence-corrected chi connectivity index (χ4v) is 1.87. The van der Waals surface area contributed by atoms with Crippen LogP contribution in [0.2, 0.25) is 0 Å². The van der Waals surface area contributed by atoms with Crippen molar-refractivity contribution in [2.75, 3.05) is 11.9 Å². The van der Waals surface area contributed by atoms with Crippen LogP contribution in [0.15, 0.2) is 30.5 Å². The number of phenolic OH excluding ortho intramolecular Hbond substituents is 1. The Morgan fingerprint density at radius 3 is 2.72 bits per heavy atom. The van der Waals surface area contributed by atoms with Crippen molar-refractivity contribution in [3.63, 3.8) is 0 Å². The van der Waals surface area contributed by atoms with Gasteiger partial charge in [-0.15, -0.1) is 0 Å². The number of hydrogen-bond donors (Lipinski definition) is 3. The van der Waals surface area contributed by atoms with Crippen LogP contribution >= 0.6 is 0 Å². The topological polar surface area (TPSA) is 65.4 Å². The van der Waals surface area contributed by atoms with Gasteiger partial charge in [0.25, 0.3) is 0 Å². The first-order valence-electron chi connectivity index (χ1n) is 6.07. The monoisotopic (exact) mass is 246 g/mol. The van der Waals surface area contributed by atoms with E-state index in [-0.39, 0.29) is 18.4 Å². The summed E-state index contributed by atoms with van der Waals surface area (Å²) < 4.78 is 0. The molecule has 1 atom stereocenters. The number of aliphatic hydroxyl groups is 1. The zero-order chi connectivity index (χ0) is 13.1. The number of hydrogen-bond acceptors (Lipinski definition) is 4. The van der Waals surface area contributed by atoms with Crippen molar-refractivity contribution in [1.29, 1.82) is 0 Å². The lowest BCUT2D eigenvalue weighted by Crippen LogP contribution is -2.29. The standard InChI is InChI=1S/C14H18N2O2/c1-9(2)13(8-17)16-14-12-7-11(18)4-3-10(12)5-6-15-14/h3-7,9,13,17-18H,8H2,1-2H3,(H,15,16). The number of anilines is 1. The van der Waals surface area contributed by atoms with Gasteiger partial charge in [-0.25, -0.2) is 4.98 Å². The molecule has 4 nitrogen and oxygen atoms in total. The van der Waals surface area contributed by atoms with Gasteiger partial charge < -0.3 is 15.5 Å². The summed E-state index contributed by atoms with van der Waals surface area (Å²) in [6.45, 7) is 4.13. The van der Waals surface area contributed by atoms with Gasteiger partial charge in [0.1, 0.15) is 11.6 Å². The van der Waals surface area contributed by atoms with Gasteiger partial charge in [-0.1, -0.05) is 19.9 Å². The number of aromatic nitrogens is 1. The Balaban J connectivity index is 2.41. The zero-order valence-corrected chi connectivity index (χ0v) is 10.6. The van der Waals surface area contributed by atoms with Crippen LogP contribution in [0.25, 0.3) is 10.8 Å². The van der Waals surface area contributed by atoms with Gasteiger partial charge in [0.05, 0.1) is 12.6 Å². The minimum atomic E-state index is -0.0505. The van der Waals surface area contributed by atoms with Gasteiger partial charge in [0.2, 0.25) is 0 Å². The van der Waals surface area contributed by atoms with E-state index in [0.29, 0.717) is 11.7 Å². The summed E-state index contributed by atoms with van der Waals surface area (Å²) >= 11 is 0. The lowest BCUT2D eigenvalue weighted by molar-refractivity contribution is 0.249. The molecule has 18 heavy (non-hydrogen) atoms. The Morgan fingerprint density at radius 2 is 2.06 bits per heavy atom. The highest BCUT2D eigenvalue weighted by molar-refractivity contribution is 5.92. The number of aliphatic hydroxyl groups excluding tert-OH is 1. The van der Waals surface area contributed by atoms with E-state index >= 15 is 0 Å². The van der Waals surface area contributed by atoms with E-state index in [1.54, 1.807) is 18.3 Å².